The van der Waals surface area contributed by atoms with Gasteiger partial charge in [0.05, 0.1) is 0 Å². The molecular weight excluding hydrogens is 158 g/mol. The van der Waals surface area contributed by atoms with E-state index in [2.05, 4.69) is 15.4 Å². The molecule has 0 saturated heterocycles. The molecule has 1 aromatic rings. The summed E-state index contributed by atoms with van der Waals surface area (Å²) < 4.78 is 0. The number of nitrogen functional groups attached to an aromatic ring is 1. The zero-order valence-corrected chi connectivity index (χ0v) is 6.96. The van der Waals surface area contributed by atoms with Gasteiger partial charge in [0, 0.05) is 20.2 Å². The summed E-state index contributed by atoms with van der Waals surface area (Å²) in [4.78, 5) is 17.1. The number of aromatic nitrogens is 2. The maximum Gasteiger partial charge on any atom is 0.254 e. The minimum Gasteiger partial charge on any atom is -0.369 e. The van der Waals surface area contributed by atoms with Crippen molar-refractivity contribution in [3.63, 3.8) is 0 Å². The zero-order valence-electron chi connectivity index (χ0n) is 6.96. The lowest BCUT2D eigenvalue weighted by Gasteiger charge is -2.15. The molecule has 0 spiro atoms. The molecule has 0 amide bonds. The van der Waals surface area contributed by atoms with Gasteiger partial charge >= 0.3 is 0 Å². The zero-order chi connectivity index (χ0) is 9.14. The number of hydrazine groups is 1. The Hall–Kier alpha value is -1.56. The van der Waals surface area contributed by atoms with Crippen LogP contribution in [0.15, 0.2) is 10.9 Å². The number of hydrogen-bond donors (Lipinski definition) is 3. The van der Waals surface area contributed by atoms with Gasteiger partial charge in [-0.15, -0.1) is 0 Å². The van der Waals surface area contributed by atoms with Crippen molar-refractivity contribution in [3.8, 4) is 0 Å². The van der Waals surface area contributed by atoms with E-state index in [1.165, 1.54) is 6.07 Å². The monoisotopic (exact) mass is 169 g/mol. The predicted octanol–water partition coefficient (Wildman–Crippen LogP) is -1.08. The first-order chi connectivity index (χ1) is 5.63. The molecule has 0 unspecified atom stereocenters. The molecule has 66 valence electrons. The highest BCUT2D eigenvalue weighted by atomic mass is 16.1. The molecule has 6 nitrogen and oxygen atoms in total. The molecular formula is C6H11N5O. The second-order valence-corrected chi connectivity index (χ2v) is 2.27. The molecule has 6 heteroatoms. The highest BCUT2D eigenvalue weighted by Gasteiger charge is 2.01. The van der Waals surface area contributed by atoms with Crippen molar-refractivity contribution >= 4 is 11.8 Å². The Labute approximate surface area is 69.4 Å². The van der Waals surface area contributed by atoms with E-state index in [0.29, 0.717) is 5.82 Å². The van der Waals surface area contributed by atoms with Crippen molar-refractivity contribution in [2.75, 3.05) is 24.8 Å². The summed E-state index contributed by atoms with van der Waals surface area (Å²) in [6, 6.07) is 1.35. The maximum atomic E-state index is 10.9. The summed E-state index contributed by atoms with van der Waals surface area (Å²) in [5, 5.41) is 1.59. The number of rotatable bonds is 2. The molecule has 12 heavy (non-hydrogen) atoms. The lowest BCUT2D eigenvalue weighted by Crippen LogP contribution is -2.32. The van der Waals surface area contributed by atoms with Gasteiger partial charge in [-0.25, -0.2) is 5.43 Å². The summed E-state index contributed by atoms with van der Waals surface area (Å²) in [5.74, 6) is 0.596. The van der Waals surface area contributed by atoms with Crippen molar-refractivity contribution in [3.05, 3.63) is 16.4 Å². The topological polar surface area (TPSA) is 87.0 Å². The average Bonchev–Trinajstić information content (AvgIpc) is 2.01. The fourth-order valence-corrected chi connectivity index (χ4v) is 0.750. The van der Waals surface area contributed by atoms with Gasteiger partial charge in [0.2, 0.25) is 5.95 Å². The second-order valence-electron chi connectivity index (χ2n) is 2.27. The Balaban J connectivity index is 3.08. The first-order valence-corrected chi connectivity index (χ1v) is 3.41. The first-order valence-electron chi connectivity index (χ1n) is 3.41. The number of nitrogens with two attached hydrogens (primary N) is 1. The van der Waals surface area contributed by atoms with Crippen LogP contribution in [0, 0.1) is 0 Å². The van der Waals surface area contributed by atoms with Crippen molar-refractivity contribution < 1.29 is 0 Å². The SMILES string of the molecule is CNN(C)c1cc(=O)[nH]c(N)n1. The van der Waals surface area contributed by atoms with Crippen LogP contribution >= 0.6 is 0 Å². The molecule has 1 heterocycles. The normalized spacial score (nSPS) is 9.83. The molecule has 0 fully saturated rings. The average molecular weight is 169 g/mol. The van der Waals surface area contributed by atoms with Gasteiger partial charge in [0.25, 0.3) is 5.56 Å². The number of nitrogens with zero attached hydrogens (tertiary/aromatic N) is 2. The van der Waals surface area contributed by atoms with Crippen molar-refractivity contribution in [2.24, 2.45) is 0 Å². The Morgan fingerprint density at radius 3 is 2.92 bits per heavy atom. The van der Waals surface area contributed by atoms with E-state index in [4.69, 9.17) is 5.73 Å². The maximum absolute atomic E-state index is 10.9. The first kappa shape index (κ1) is 8.54. The van der Waals surface area contributed by atoms with Gasteiger partial charge in [0.1, 0.15) is 0 Å². The molecule has 0 aliphatic carbocycles. The summed E-state index contributed by atoms with van der Waals surface area (Å²) in [6.07, 6.45) is 0. The molecule has 1 rings (SSSR count). The lowest BCUT2D eigenvalue weighted by atomic mass is 10.5. The van der Waals surface area contributed by atoms with E-state index in [0.717, 1.165) is 0 Å². The molecule has 1 aromatic heterocycles. The van der Waals surface area contributed by atoms with Crippen LogP contribution in [0.5, 0.6) is 0 Å². The van der Waals surface area contributed by atoms with Crippen LogP contribution in [0.2, 0.25) is 0 Å². The fourth-order valence-electron chi connectivity index (χ4n) is 0.750. The summed E-state index contributed by atoms with van der Waals surface area (Å²) >= 11 is 0. The molecule has 0 saturated carbocycles. The summed E-state index contributed by atoms with van der Waals surface area (Å²) in [5.41, 5.74) is 7.86. The molecule has 0 aromatic carbocycles. The number of nitrogens with one attached hydrogen (secondary N) is 2. The van der Waals surface area contributed by atoms with Gasteiger partial charge in [-0.3, -0.25) is 14.8 Å². The van der Waals surface area contributed by atoms with Gasteiger partial charge in [-0.05, 0) is 0 Å². The third-order valence-corrected chi connectivity index (χ3v) is 1.43. The minimum atomic E-state index is -0.264. The summed E-state index contributed by atoms with van der Waals surface area (Å²) in [6.45, 7) is 0. The van der Waals surface area contributed by atoms with Crippen LogP contribution in [-0.2, 0) is 0 Å². The molecule has 0 aliphatic rings. The van der Waals surface area contributed by atoms with E-state index >= 15 is 0 Å². The standard InChI is InChI=1S/C6H11N5O/c1-8-11(2)4-3-5(12)10-6(7)9-4/h3,8H,1-2H3,(H3,7,9,10,12). The van der Waals surface area contributed by atoms with Gasteiger partial charge in [-0.2, -0.15) is 4.98 Å². The molecule has 0 atom stereocenters. The van der Waals surface area contributed by atoms with E-state index in [1.807, 2.05) is 0 Å². The van der Waals surface area contributed by atoms with Crippen LogP contribution in [-0.4, -0.2) is 24.1 Å². The van der Waals surface area contributed by atoms with E-state index in [9.17, 15) is 4.79 Å². The van der Waals surface area contributed by atoms with Crippen LogP contribution in [0.3, 0.4) is 0 Å². The van der Waals surface area contributed by atoms with Crippen molar-refractivity contribution in [2.45, 2.75) is 0 Å². The van der Waals surface area contributed by atoms with Gasteiger partial charge in [0.15, 0.2) is 5.82 Å². The second kappa shape index (κ2) is 3.22. The Kier molecular flexibility index (Phi) is 2.29. The highest BCUT2D eigenvalue weighted by Crippen LogP contribution is 2.01. The van der Waals surface area contributed by atoms with E-state index < -0.39 is 0 Å². The smallest absolute Gasteiger partial charge is 0.254 e. The van der Waals surface area contributed by atoms with Gasteiger partial charge in [-0.1, -0.05) is 0 Å². The third kappa shape index (κ3) is 1.73. The molecule has 0 bridgehead atoms. The van der Waals surface area contributed by atoms with Crippen molar-refractivity contribution in [1.29, 1.82) is 0 Å². The highest BCUT2D eigenvalue weighted by molar-refractivity contribution is 5.38. The van der Waals surface area contributed by atoms with Crippen LogP contribution in [0.1, 0.15) is 0 Å². The quantitative estimate of drug-likeness (QED) is 0.490. The molecule has 0 radical (unpaired) electrons. The minimum absolute atomic E-state index is 0.111. The predicted molar refractivity (Wildman–Crippen MR) is 46.7 cm³/mol. The number of aromatic amines is 1. The number of hydrogen-bond acceptors (Lipinski definition) is 5. The number of H-pyrrole nitrogens is 1. The van der Waals surface area contributed by atoms with Crippen LogP contribution in [0.25, 0.3) is 0 Å². The fraction of sp³-hybridized carbons (Fsp3) is 0.333. The molecule has 0 aliphatic heterocycles. The largest absolute Gasteiger partial charge is 0.369 e. The molecule has 4 N–H and O–H groups in total. The van der Waals surface area contributed by atoms with Crippen LogP contribution in [0.4, 0.5) is 11.8 Å². The van der Waals surface area contributed by atoms with Gasteiger partial charge < -0.3 is 5.73 Å². The Morgan fingerprint density at radius 1 is 1.75 bits per heavy atom. The number of anilines is 2. The third-order valence-electron chi connectivity index (χ3n) is 1.43. The Bertz CT molecular complexity index is 320. The van der Waals surface area contributed by atoms with E-state index in [-0.39, 0.29) is 11.5 Å². The van der Waals surface area contributed by atoms with Crippen molar-refractivity contribution in [1.82, 2.24) is 15.4 Å². The van der Waals surface area contributed by atoms with Crippen LogP contribution < -0.4 is 21.7 Å². The van der Waals surface area contributed by atoms with E-state index in [1.54, 1.807) is 19.1 Å². The Morgan fingerprint density at radius 2 is 2.42 bits per heavy atom. The lowest BCUT2D eigenvalue weighted by molar-refractivity contribution is 0.773. The summed E-state index contributed by atoms with van der Waals surface area (Å²) in [7, 11) is 3.46.